The average molecular weight is 364 g/mol. The van der Waals surface area contributed by atoms with Gasteiger partial charge in [0, 0.05) is 12.6 Å². The number of hydrogen-bond acceptors (Lipinski definition) is 4. The topological polar surface area (TPSA) is 67.6 Å². The number of benzene rings is 1. The summed E-state index contributed by atoms with van der Waals surface area (Å²) >= 11 is 6.13. The van der Waals surface area contributed by atoms with Crippen LogP contribution in [0.5, 0.6) is 5.75 Å². The molecule has 0 aliphatic carbocycles. The zero-order chi connectivity index (χ0) is 17.8. The molecular formula is C18H22ClN3O3. The van der Waals surface area contributed by atoms with E-state index in [1.807, 2.05) is 32.0 Å². The lowest BCUT2D eigenvalue weighted by atomic mass is 10.1. The summed E-state index contributed by atoms with van der Waals surface area (Å²) in [5.41, 5.74) is 1.79. The molecule has 1 N–H and O–H groups in total. The summed E-state index contributed by atoms with van der Waals surface area (Å²) < 4.78 is 10.8. The van der Waals surface area contributed by atoms with Gasteiger partial charge in [-0.3, -0.25) is 0 Å². The van der Waals surface area contributed by atoms with Crippen LogP contribution in [0.25, 0.3) is 0 Å². The number of likely N-dealkylation sites (tertiary alicyclic amines) is 1. The van der Waals surface area contributed by atoms with Crippen molar-refractivity contribution in [1.29, 1.82) is 0 Å². The summed E-state index contributed by atoms with van der Waals surface area (Å²) in [7, 11) is 0. The van der Waals surface area contributed by atoms with Gasteiger partial charge in [-0.25, -0.2) is 4.79 Å². The number of rotatable bonds is 5. The van der Waals surface area contributed by atoms with Crippen molar-refractivity contribution < 1.29 is 14.1 Å². The quantitative estimate of drug-likeness (QED) is 0.819. The summed E-state index contributed by atoms with van der Waals surface area (Å²) in [4.78, 5) is 14.3. The van der Waals surface area contributed by atoms with Crippen molar-refractivity contribution in [3.05, 3.63) is 46.3 Å². The molecule has 0 bridgehead atoms. The van der Waals surface area contributed by atoms with E-state index in [4.69, 9.17) is 20.9 Å². The van der Waals surface area contributed by atoms with Crippen molar-refractivity contribution in [2.45, 2.75) is 32.7 Å². The van der Waals surface area contributed by atoms with Crippen molar-refractivity contribution in [2.24, 2.45) is 0 Å². The number of carbonyl (C=O) groups excluding carboxylic acids is 1. The monoisotopic (exact) mass is 363 g/mol. The second-order valence-corrected chi connectivity index (χ2v) is 6.59. The van der Waals surface area contributed by atoms with Gasteiger partial charge in [0.2, 0.25) is 0 Å². The number of nitrogens with zero attached hydrogens (tertiary/aromatic N) is 2. The maximum absolute atomic E-state index is 12.5. The van der Waals surface area contributed by atoms with Crippen molar-refractivity contribution in [1.82, 2.24) is 15.4 Å². The number of urea groups is 1. The van der Waals surface area contributed by atoms with E-state index in [0.717, 1.165) is 29.9 Å². The Labute approximate surface area is 152 Å². The second kappa shape index (κ2) is 7.78. The van der Waals surface area contributed by atoms with Crippen LogP contribution in [0.3, 0.4) is 0 Å². The third-order valence-corrected chi connectivity index (χ3v) is 4.59. The van der Waals surface area contributed by atoms with E-state index < -0.39 is 0 Å². The summed E-state index contributed by atoms with van der Waals surface area (Å²) in [5.74, 6) is 1.42. The Hall–Kier alpha value is -2.21. The third-order valence-electron chi connectivity index (χ3n) is 4.29. The number of ether oxygens (including phenoxy) is 1. The molecule has 1 aromatic heterocycles. The van der Waals surface area contributed by atoms with Gasteiger partial charge in [-0.1, -0.05) is 28.9 Å². The lowest BCUT2D eigenvalue weighted by Crippen LogP contribution is -2.41. The molecule has 134 valence electrons. The molecule has 0 spiro atoms. The van der Waals surface area contributed by atoms with Crippen LogP contribution in [0.1, 0.15) is 35.9 Å². The number of para-hydroxylation sites is 1. The minimum Gasteiger partial charge on any atom is -0.490 e. The van der Waals surface area contributed by atoms with Crippen LogP contribution in [0.2, 0.25) is 5.02 Å². The maximum Gasteiger partial charge on any atom is 0.318 e. The molecule has 1 atom stereocenters. The van der Waals surface area contributed by atoms with Gasteiger partial charge in [-0.15, -0.1) is 0 Å². The molecule has 6 nitrogen and oxygen atoms in total. The van der Waals surface area contributed by atoms with Gasteiger partial charge in [0.05, 0.1) is 17.6 Å². The first-order chi connectivity index (χ1) is 12.1. The first-order valence-corrected chi connectivity index (χ1v) is 8.79. The van der Waals surface area contributed by atoms with Gasteiger partial charge in [-0.05, 0) is 38.3 Å². The zero-order valence-corrected chi connectivity index (χ0v) is 15.2. The molecule has 1 aliphatic heterocycles. The predicted molar refractivity (Wildman–Crippen MR) is 95.0 cm³/mol. The molecule has 1 aromatic carbocycles. The van der Waals surface area contributed by atoms with Gasteiger partial charge < -0.3 is 19.5 Å². The number of halogens is 1. The lowest BCUT2D eigenvalue weighted by molar-refractivity contribution is 0.188. The number of carbonyl (C=O) groups is 1. The van der Waals surface area contributed by atoms with E-state index in [-0.39, 0.29) is 12.1 Å². The molecule has 1 saturated heterocycles. The SMILES string of the molecule is Cc1cc([C@@H]2CCCN2C(=O)NCCOc2c(C)cccc2Cl)no1. The molecule has 3 rings (SSSR count). The summed E-state index contributed by atoms with van der Waals surface area (Å²) in [6.07, 6.45) is 1.86. The zero-order valence-electron chi connectivity index (χ0n) is 14.4. The number of hydrogen-bond donors (Lipinski definition) is 1. The van der Waals surface area contributed by atoms with E-state index >= 15 is 0 Å². The van der Waals surface area contributed by atoms with Crippen molar-refractivity contribution in [3.63, 3.8) is 0 Å². The van der Waals surface area contributed by atoms with Gasteiger partial charge >= 0.3 is 6.03 Å². The Bertz CT molecular complexity index is 727. The van der Waals surface area contributed by atoms with E-state index in [1.54, 1.807) is 11.0 Å². The Kier molecular flexibility index (Phi) is 5.48. The highest BCUT2D eigenvalue weighted by Gasteiger charge is 2.31. The molecule has 2 aromatic rings. The van der Waals surface area contributed by atoms with E-state index in [1.165, 1.54) is 0 Å². The highest BCUT2D eigenvalue weighted by atomic mass is 35.5. The summed E-state index contributed by atoms with van der Waals surface area (Å²) in [5, 5.41) is 7.53. The van der Waals surface area contributed by atoms with Crippen LogP contribution in [0.15, 0.2) is 28.8 Å². The van der Waals surface area contributed by atoms with Crippen LogP contribution >= 0.6 is 11.6 Å². The van der Waals surface area contributed by atoms with Crippen LogP contribution in [0.4, 0.5) is 4.79 Å². The highest BCUT2D eigenvalue weighted by Crippen LogP contribution is 2.31. The molecule has 0 unspecified atom stereocenters. The largest absolute Gasteiger partial charge is 0.490 e. The highest BCUT2D eigenvalue weighted by molar-refractivity contribution is 6.32. The van der Waals surface area contributed by atoms with E-state index in [2.05, 4.69) is 10.5 Å². The number of aryl methyl sites for hydroxylation is 2. The van der Waals surface area contributed by atoms with Crippen molar-refractivity contribution in [2.75, 3.05) is 19.7 Å². The molecule has 2 amide bonds. The number of nitrogens with one attached hydrogen (secondary N) is 1. The fourth-order valence-electron chi connectivity index (χ4n) is 3.07. The Balaban J connectivity index is 1.50. The molecule has 25 heavy (non-hydrogen) atoms. The fraction of sp³-hybridized carbons (Fsp3) is 0.444. The maximum atomic E-state index is 12.5. The Morgan fingerprint density at radius 2 is 2.32 bits per heavy atom. The van der Waals surface area contributed by atoms with Crippen LogP contribution < -0.4 is 10.1 Å². The van der Waals surface area contributed by atoms with Crippen LogP contribution in [-0.2, 0) is 0 Å². The summed E-state index contributed by atoms with van der Waals surface area (Å²) in [6.45, 7) is 5.27. The molecule has 1 fully saturated rings. The lowest BCUT2D eigenvalue weighted by Gasteiger charge is -2.23. The minimum absolute atomic E-state index is 0.0239. The van der Waals surface area contributed by atoms with Gasteiger partial charge in [0.15, 0.2) is 0 Å². The smallest absolute Gasteiger partial charge is 0.318 e. The van der Waals surface area contributed by atoms with Crippen LogP contribution in [-0.4, -0.2) is 35.8 Å². The Morgan fingerprint density at radius 3 is 3.04 bits per heavy atom. The molecule has 1 aliphatic rings. The first-order valence-electron chi connectivity index (χ1n) is 8.42. The molecule has 7 heteroatoms. The predicted octanol–water partition coefficient (Wildman–Crippen LogP) is 3.87. The standard InChI is InChI=1S/C18H22ClN3O3/c1-12-5-3-6-14(19)17(12)24-10-8-20-18(23)22-9-4-7-16(22)15-11-13(2)25-21-15/h3,5-6,11,16H,4,7-10H2,1-2H3,(H,20,23)/t16-/m0/s1. The number of amides is 2. The van der Waals surface area contributed by atoms with Crippen molar-refractivity contribution in [3.8, 4) is 5.75 Å². The molecule has 2 heterocycles. The fourth-order valence-corrected chi connectivity index (χ4v) is 3.35. The third kappa shape index (κ3) is 4.07. The normalized spacial score (nSPS) is 16.9. The van der Waals surface area contributed by atoms with Crippen LogP contribution in [0, 0.1) is 13.8 Å². The minimum atomic E-state index is -0.109. The van der Waals surface area contributed by atoms with Gasteiger partial charge in [-0.2, -0.15) is 0 Å². The van der Waals surface area contributed by atoms with Gasteiger partial charge in [0.1, 0.15) is 23.8 Å². The van der Waals surface area contributed by atoms with E-state index in [0.29, 0.717) is 30.5 Å². The van der Waals surface area contributed by atoms with Gasteiger partial charge in [0.25, 0.3) is 0 Å². The molecule has 0 radical (unpaired) electrons. The average Bonchev–Trinajstić information content (AvgIpc) is 3.22. The summed E-state index contributed by atoms with van der Waals surface area (Å²) in [6, 6.07) is 7.36. The first kappa shape index (κ1) is 17.6. The van der Waals surface area contributed by atoms with Crippen molar-refractivity contribution >= 4 is 17.6 Å². The van der Waals surface area contributed by atoms with E-state index in [9.17, 15) is 4.79 Å². The molecular weight excluding hydrogens is 342 g/mol. The number of aromatic nitrogens is 1. The Morgan fingerprint density at radius 1 is 1.48 bits per heavy atom. The molecule has 0 saturated carbocycles. The second-order valence-electron chi connectivity index (χ2n) is 6.18.